The van der Waals surface area contributed by atoms with E-state index in [-0.39, 0.29) is 30.4 Å². The Kier molecular flexibility index (Phi) is 5.89. The Labute approximate surface area is 172 Å². The van der Waals surface area contributed by atoms with Crippen molar-refractivity contribution in [3.05, 3.63) is 29.3 Å². The third-order valence-electron chi connectivity index (χ3n) is 4.97. The van der Waals surface area contributed by atoms with Crippen molar-refractivity contribution < 1.29 is 14.3 Å². The van der Waals surface area contributed by atoms with Crippen LogP contribution in [0.2, 0.25) is 5.02 Å². The number of imide groups is 1. The van der Waals surface area contributed by atoms with Gasteiger partial charge in [0.25, 0.3) is 11.8 Å². The minimum atomic E-state index is -0.312. The molecular formula is C19H21ClN4O3S. The van der Waals surface area contributed by atoms with Gasteiger partial charge in [0, 0.05) is 23.2 Å². The lowest BCUT2D eigenvalue weighted by Gasteiger charge is -2.28. The summed E-state index contributed by atoms with van der Waals surface area (Å²) >= 11 is 6.94. The van der Waals surface area contributed by atoms with Gasteiger partial charge in [-0.25, -0.2) is 0 Å². The highest BCUT2D eigenvalue weighted by atomic mass is 35.5. The maximum atomic E-state index is 12.9. The van der Waals surface area contributed by atoms with E-state index in [0.29, 0.717) is 23.1 Å². The molecule has 148 valence electrons. The maximum absolute atomic E-state index is 12.9. The lowest BCUT2D eigenvalue weighted by Crippen LogP contribution is -2.48. The number of aromatic nitrogens is 2. The molecule has 1 aliphatic heterocycles. The first-order valence-electron chi connectivity index (χ1n) is 9.41. The van der Waals surface area contributed by atoms with Crippen molar-refractivity contribution in [1.29, 1.82) is 0 Å². The highest BCUT2D eigenvalue weighted by molar-refractivity contribution is 6.99. The summed E-state index contributed by atoms with van der Waals surface area (Å²) in [6, 6.07) is 7.18. The summed E-state index contributed by atoms with van der Waals surface area (Å²) in [6.07, 6.45) is 3.51. The SMILES string of the molecule is O=C(COc1nsnc1-c1ccc(Cl)cc1)N(C(=O)C1CCCNC1)C1CC1. The molecule has 2 heterocycles. The van der Waals surface area contributed by atoms with Crippen LogP contribution in [0.1, 0.15) is 25.7 Å². The van der Waals surface area contributed by atoms with Crippen molar-refractivity contribution in [3.8, 4) is 17.1 Å². The Morgan fingerprint density at radius 3 is 2.68 bits per heavy atom. The summed E-state index contributed by atoms with van der Waals surface area (Å²) in [5.74, 6) is -0.238. The van der Waals surface area contributed by atoms with Crippen LogP contribution >= 0.6 is 23.3 Å². The predicted molar refractivity (Wildman–Crippen MR) is 106 cm³/mol. The number of carbonyl (C=O) groups excluding carboxylic acids is 2. The van der Waals surface area contributed by atoms with E-state index in [4.69, 9.17) is 16.3 Å². The van der Waals surface area contributed by atoms with Gasteiger partial charge < -0.3 is 10.1 Å². The average Bonchev–Trinajstić information content (AvgIpc) is 3.44. The lowest BCUT2D eigenvalue weighted by atomic mass is 9.98. The molecule has 28 heavy (non-hydrogen) atoms. The zero-order chi connectivity index (χ0) is 19.5. The van der Waals surface area contributed by atoms with Crippen molar-refractivity contribution in [2.75, 3.05) is 19.7 Å². The number of piperidine rings is 1. The van der Waals surface area contributed by atoms with Crippen LogP contribution in [0.4, 0.5) is 0 Å². The zero-order valence-corrected chi connectivity index (χ0v) is 16.8. The molecule has 2 fully saturated rings. The molecule has 1 aromatic heterocycles. The van der Waals surface area contributed by atoms with Crippen molar-refractivity contribution in [2.24, 2.45) is 5.92 Å². The Hall–Kier alpha value is -2.03. The Bertz CT molecular complexity index is 847. The van der Waals surface area contributed by atoms with Crippen LogP contribution in [0.25, 0.3) is 11.3 Å². The van der Waals surface area contributed by atoms with Gasteiger partial charge in [-0.05, 0) is 44.4 Å². The normalized spacial score (nSPS) is 19.2. The number of amides is 2. The van der Waals surface area contributed by atoms with E-state index in [1.165, 1.54) is 4.90 Å². The first-order valence-corrected chi connectivity index (χ1v) is 10.5. The summed E-state index contributed by atoms with van der Waals surface area (Å²) < 4.78 is 14.1. The summed E-state index contributed by atoms with van der Waals surface area (Å²) in [4.78, 5) is 27.1. The van der Waals surface area contributed by atoms with Gasteiger partial charge in [-0.1, -0.05) is 23.7 Å². The van der Waals surface area contributed by atoms with Gasteiger partial charge in [0.1, 0.15) is 5.69 Å². The number of hydrogen-bond donors (Lipinski definition) is 1. The molecule has 0 bridgehead atoms. The highest BCUT2D eigenvalue weighted by Gasteiger charge is 2.40. The summed E-state index contributed by atoms with van der Waals surface area (Å²) in [6.45, 7) is 1.33. The molecule has 1 saturated heterocycles. The van der Waals surface area contributed by atoms with Crippen molar-refractivity contribution >= 4 is 35.1 Å². The number of nitrogens with one attached hydrogen (secondary N) is 1. The topological polar surface area (TPSA) is 84.4 Å². The molecule has 1 aromatic carbocycles. The second kappa shape index (κ2) is 8.55. The number of hydrogen-bond acceptors (Lipinski definition) is 7. The van der Waals surface area contributed by atoms with Crippen LogP contribution in [0.5, 0.6) is 5.88 Å². The smallest absolute Gasteiger partial charge is 0.267 e. The van der Waals surface area contributed by atoms with Crippen molar-refractivity contribution in [2.45, 2.75) is 31.7 Å². The van der Waals surface area contributed by atoms with Gasteiger partial charge in [0.05, 0.1) is 17.6 Å². The molecular weight excluding hydrogens is 400 g/mol. The standard InChI is InChI=1S/C19H21ClN4O3S/c20-14-5-3-12(4-6-14)17-18(23-28-22-17)27-11-16(25)24(15-7-8-15)19(26)13-2-1-9-21-10-13/h3-6,13,15,21H,1-2,7-11H2. The molecule has 2 aromatic rings. The Morgan fingerprint density at radius 1 is 1.21 bits per heavy atom. The number of halogens is 1. The van der Waals surface area contributed by atoms with Crippen molar-refractivity contribution in [1.82, 2.24) is 19.0 Å². The van der Waals surface area contributed by atoms with E-state index < -0.39 is 0 Å². The number of rotatable bonds is 6. The number of nitrogens with zero attached hydrogens (tertiary/aromatic N) is 3. The number of carbonyl (C=O) groups is 2. The quantitative estimate of drug-likeness (QED) is 0.773. The summed E-state index contributed by atoms with van der Waals surface area (Å²) in [7, 11) is 0. The summed E-state index contributed by atoms with van der Waals surface area (Å²) in [5, 5.41) is 3.86. The Morgan fingerprint density at radius 2 is 2.00 bits per heavy atom. The third kappa shape index (κ3) is 4.34. The average molecular weight is 421 g/mol. The molecule has 0 spiro atoms. The molecule has 1 atom stereocenters. The zero-order valence-electron chi connectivity index (χ0n) is 15.3. The molecule has 0 radical (unpaired) electrons. The molecule has 1 unspecified atom stereocenters. The predicted octanol–water partition coefficient (Wildman–Crippen LogP) is 2.75. The van der Waals surface area contributed by atoms with E-state index in [1.54, 1.807) is 12.1 Å². The van der Waals surface area contributed by atoms with Crippen LogP contribution < -0.4 is 10.1 Å². The number of ether oxygens (including phenoxy) is 1. The first-order chi connectivity index (χ1) is 13.6. The van der Waals surface area contributed by atoms with Crippen LogP contribution in [0.15, 0.2) is 24.3 Å². The van der Waals surface area contributed by atoms with E-state index in [0.717, 1.165) is 49.5 Å². The minimum absolute atomic E-state index is 0.00909. The second-order valence-electron chi connectivity index (χ2n) is 7.09. The second-order valence-corrected chi connectivity index (χ2v) is 8.05. The van der Waals surface area contributed by atoms with Gasteiger partial charge in [0.2, 0.25) is 5.91 Å². The van der Waals surface area contributed by atoms with Gasteiger partial charge in [-0.2, -0.15) is 4.37 Å². The fraction of sp³-hybridized carbons (Fsp3) is 0.474. The fourth-order valence-electron chi connectivity index (χ4n) is 3.36. The van der Waals surface area contributed by atoms with E-state index >= 15 is 0 Å². The van der Waals surface area contributed by atoms with Crippen molar-refractivity contribution in [3.63, 3.8) is 0 Å². The Balaban J connectivity index is 1.42. The minimum Gasteiger partial charge on any atom is -0.465 e. The highest BCUT2D eigenvalue weighted by Crippen LogP contribution is 2.31. The van der Waals surface area contributed by atoms with Crippen LogP contribution in [-0.2, 0) is 9.59 Å². The molecule has 2 amide bonds. The van der Waals surface area contributed by atoms with Crippen LogP contribution in [-0.4, -0.2) is 51.2 Å². The molecule has 1 aliphatic carbocycles. The first kappa shape index (κ1) is 19.3. The molecule has 1 saturated carbocycles. The van der Waals surface area contributed by atoms with Gasteiger partial charge in [-0.15, -0.1) is 4.37 Å². The van der Waals surface area contributed by atoms with E-state index in [9.17, 15) is 9.59 Å². The van der Waals surface area contributed by atoms with Crippen LogP contribution in [0, 0.1) is 5.92 Å². The maximum Gasteiger partial charge on any atom is 0.267 e. The van der Waals surface area contributed by atoms with E-state index in [1.807, 2.05) is 12.1 Å². The van der Waals surface area contributed by atoms with E-state index in [2.05, 4.69) is 14.1 Å². The van der Waals surface area contributed by atoms with Gasteiger partial charge in [-0.3, -0.25) is 14.5 Å². The third-order valence-corrected chi connectivity index (χ3v) is 5.74. The molecule has 9 heteroatoms. The number of benzene rings is 1. The summed E-state index contributed by atoms with van der Waals surface area (Å²) in [5.41, 5.74) is 1.37. The van der Waals surface area contributed by atoms with Gasteiger partial charge >= 0.3 is 0 Å². The molecule has 4 rings (SSSR count). The monoisotopic (exact) mass is 420 g/mol. The molecule has 7 nitrogen and oxygen atoms in total. The van der Waals surface area contributed by atoms with Gasteiger partial charge in [0.15, 0.2) is 6.61 Å². The fourth-order valence-corrected chi connectivity index (χ4v) is 4.00. The largest absolute Gasteiger partial charge is 0.465 e. The molecule has 1 N–H and O–H groups in total. The molecule has 2 aliphatic rings. The lowest BCUT2D eigenvalue weighted by molar-refractivity contribution is -0.149. The van der Waals surface area contributed by atoms with Crippen LogP contribution in [0.3, 0.4) is 0 Å².